The van der Waals surface area contributed by atoms with Gasteiger partial charge in [0.15, 0.2) is 11.2 Å². The van der Waals surface area contributed by atoms with E-state index in [1.54, 1.807) is 25.5 Å². The number of rotatable bonds is 4. The van der Waals surface area contributed by atoms with Crippen LogP contribution in [-0.4, -0.2) is 31.5 Å². The normalized spacial score (nSPS) is 13.4. The first kappa shape index (κ1) is 19.4. The van der Waals surface area contributed by atoms with Crippen molar-refractivity contribution in [1.29, 1.82) is 0 Å². The summed E-state index contributed by atoms with van der Waals surface area (Å²) in [5.74, 6) is -3.48. The number of hydrogen-bond acceptors (Lipinski definition) is 4. The van der Waals surface area contributed by atoms with Crippen LogP contribution in [0.2, 0.25) is 0 Å². The minimum Gasteiger partial charge on any atom is -0.479 e. The number of aliphatic carboxylic acids is 1. The van der Waals surface area contributed by atoms with E-state index in [9.17, 15) is 23.5 Å². The molecular formula is C19H18F2N4O3. The SMILES string of the molecule is Cc1cc(C(=O)NC(C)(C(=O)O)c2cc(F)ccc2F)c2nc(C)n(C)c2n1. The Morgan fingerprint density at radius 3 is 2.50 bits per heavy atom. The maximum atomic E-state index is 14.2. The second-order valence-electron chi connectivity index (χ2n) is 6.71. The van der Waals surface area contributed by atoms with Gasteiger partial charge in [0.2, 0.25) is 0 Å². The summed E-state index contributed by atoms with van der Waals surface area (Å²) in [6.07, 6.45) is 0. The summed E-state index contributed by atoms with van der Waals surface area (Å²) in [6, 6.07) is 3.90. The van der Waals surface area contributed by atoms with Crippen molar-refractivity contribution in [2.45, 2.75) is 26.3 Å². The second kappa shape index (κ2) is 6.66. The highest BCUT2D eigenvalue weighted by Crippen LogP contribution is 2.27. The third-order valence-corrected chi connectivity index (χ3v) is 4.68. The van der Waals surface area contributed by atoms with Crippen LogP contribution in [0.25, 0.3) is 11.2 Å². The van der Waals surface area contributed by atoms with E-state index in [2.05, 4.69) is 15.3 Å². The molecular weight excluding hydrogens is 370 g/mol. The van der Waals surface area contributed by atoms with Crippen LogP contribution in [0.3, 0.4) is 0 Å². The smallest absolute Gasteiger partial charge is 0.333 e. The first-order valence-electron chi connectivity index (χ1n) is 8.36. The zero-order valence-corrected chi connectivity index (χ0v) is 15.7. The van der Waals surface area contributed by atoms with E-state index in [-0.39, 0.29) is 11.1 Å². The summed E-state index contributed by atoms with van der Waals surface area (Å²) in [6.45, 7) is 4.52. The second-order valence-corrected chi connectivity index (χ2v) is 6.71. The lowest BCUT2D eigenvalue weighted by molar-refractivity contribution is -0.144. The monoisotopic (exact) mass is 388 g/mol. The van der Waals surface area contributed by atoms with Crippen LogP contribution >= 0.6 is 0 Å². The summed E-state index contributed by atoms with van der Waals surface area (Å²) in [5.41, 5.74) is -1.33. The fraction of sp³-hybridized carbons (Fsp3) is 0.263. The van der Waals surface area contributed by atoms with Gasteiger partial charge in [0.05, 0.1) is 5.56 Å². The Hall–Kier alpha value is -3.36. The molecule has 0 aliphatic carbocycles. The first-order chi connectivity index (χ1) is 13.0. The number of nitrogens with one attached hydrogen (secondary N) is 1. The van der Waals surface area contributed by atoms with Gasteiger partial charge in [0, 0.05) is 18.3 Å². The van der Waals surface area contributed by atoms with Crippen LogP contribution in [0.4, 0.5) is 8.78 Å². The number of aryl methyl sites for hydroxylation is 3. The van der Waals surface area contributed by atoms with Crippen LogP contribution in [0.1, 0.15) is 34.4 Å². The van der Waals surface area contributed by atoms with Crippen molar-refractivity contribution in [3.63, 3.8) is 0 Å². The summed E-state index contributed by atoms with van der Waals surface area (Å²) in [4.78, 5) is 33.5. The Labute approximate surface area is 159 Å². The molecule has 1 unspecified atom stereocenters. The van der Waals surface area contributed by atoms with Crippen molar-refractivity contribution in [2.24, 2.45) is 7.05 Å². The molecule has 28 heavy (non-hydrogen) atoms. The molecule has 0 aliphatic rings. The quantitative estimate of drug-likeness (QED) is 0.716. The highest BCUT2D eigenvalue weighted by atomic mass is 19.1. The number of carboxylic acid groups (broad SMARTS) is 1. The average molecular weight is 388 g/mol. The fourth-order valence-electron chi connectivity index (χ4n) is 2.97. The topological polar surface area (TPSA) is 97.1 Å². The lowest BCUT2D eigenvalue weighted by atomic mass is 9.91. The third-order valence-electron chi connectivity index (χ3n) is 4.68. The number of imidazole rings is 1. The predicted molar refractivity (Wildman–Crippen MR) is 96.8 cm³/mol. The number of nitrogens with zero attached hydrogens (tertiary/aromatic N) is 3. The predicted octanol–water partition coefficient (Wildman–Crippen LogP) is 2.59. The van der Waals surface area contributed by atoms with Gasteiger partial charge in [-0.05, 0) is 45.0 Å². The number of pyridine rings is 1. The number of carboxylic acids is 1. The highest BCUT2D eigenvalue weighted by molar-refractivity contribution is 6.06. The maximum Gasteiger partial charge on any atom is 0.333 e. The maximum absolute atomic E-state index is 14.2. The molecule has 1 aromatic carbocycles. The molecule has 0 fully saturated rings. The summed E-state index contributed by atoms with van der Waals surface area (Å²) in [7, 11) is 1.74. The van der Waals surface area contributed by atoms with Gasteiger partial charge in [-0.1, -0.05) is 0 Å². The van der Waals surface area contributed by atoms with E-state index >= 15 is 0 Å². The van der Waals surface area contributed by atoms with Crippen LogP contribution in [0, 0.1) is 25.5 Å². The van der Waals surface area contributed by atoms with Crippen LogP contribution < -0.4 is 5.32 Å². The Kier molecular flexibility index (Phi) is 4.62. The van der Waals surface area contributed by atoms with E-state index in [1.807, 2.05) is 0 Å². The average Bonchev–Trinajstić information content (AvgIpc) is 2.90. The summed E-state index contributed by atoms with van der Waals surface area (Å²) < 4.78 is 29.6. The molecule has 7 nitrogen and oxygen atoms in total. The minimum atomic E-state index is -2.20. The van der Waals surface area contributed by atoms with Gasteiger partial charge in [-0.25, -0.2) is 23.5 Å². The van der Waals surface area contributed by atoms with Crippen molar-refractivity contribution in [2.75, 3.05) is 0 Å². The molecule has 0 radical (unpaired) electrons. The van der Waals surface area contributed by atoms with Gasteiger partial charge < -0.3 is 15.0 Å². The molecule has 3 rings (SSSR count). The molecule has 1 amide bonds. The summed E-state index contributed by atoms with van der Waals surface area (Å²) in [5, 5.41) is 12.0. The molecule has 9 heteroatoms. The Morgan fingerprint density at radius 2 is 1.86 bits per heavy atom. The molecule has 2 heterocycles. The zero-order chi connectivity index (χ0) is 20.8. The number of benzene rings is 1. The number of halogens is 2. The van der Waals surface area contributed by atoms with Crippen molar-refractivity contribution in [3.8, 4) is 0 Å². The molecule has 0 aliphatic heterocycles. The van der Waals surface area contributed by atoms with Crippen molar-refractivity contribution in [3.05, 3.63) is 58.5 Å². The van der Waals surface area contributed by atoms with Gasteiger partial charge in [0.25, 0.3) is 5.91 Å². The largest absolute Gasteiger partial charge is 0.479 e. The number of fused-ring (bicyclic) bond motifs is 1. The van der Waals surface area contributed by atoms with Gasteiger partial charge in [-0.15, -0.1) is 0 Å². The van der Waals surface area contributed by atoms with Crippen LogP contribution in [-0.2, 0) is 17.4 Å². The number of hydrogen-bond donors (Lipinski definition) is 2. The van der Waals surface area contributed by atoms with E-state index in [0.29, 0.717) is 17.2 Å². The zero-order valence-electron chi connectivity index (χ0n) is 15.7. The number of carbonyl (C=O) groups excluding carboxylic acids is 1. The van der Waals surface area contributed by atoms with E-state index in [4.69, 9.17) is 0 Å². The minimum absolute atomic E-state index is 0.0930. The molecule has 0 saturated carbocycles. The van der Waals surface area contributed by atoms with Gasteiger partial charge in [0.1, 0.15) is 23.0 Å². The Bertz CT molecular complexity index is 1130. The van der Waals surface area contributed by atoms with Gasteiger partial charge in [-0.3, -0.25) is 4.79 Å². The third kappa shape index (κ3) is 3.08. The molecule has 146 valence electrons. The standard InChI is InChI=1S/C19H18F2N4O3/c1-9-7-12(15-16(22-9)25(4)10(2)23-15)17(26)24-19(3,18(27)28)13-8-11(20)5-6-14(13)21/h5-8H,1-4H3,(H,24,26)(H,27,28). The van der Waals surface area contributed by atoms with E-state index < -0.39 is 34.6 Å². The van der Waals surface area contributed by atoms with Crippen molar-refractivity contribution in [1.82, 2.24) is 19.9 Å². The Morgan fingerprint density at radius 1 is 1.18 bits per heavy atom. The fourth-order valence-corrected chi connectivity index (χ4v) is 2.97. The Balaban J connectivity index is 2.12. The van der Waals surface area contributed by atoms with Crippen molar-refractivity contribution < 1.29 is 23.5 Å². The van der Waals surface area contributed by atoms with E-state index in [0.717, 1.165) is 25.1 Å². The van der Waals surface area contributed by atoms with Crippen LogP contribution in [0.15, 0.2) is 24.3 Å². The lowest BCUT2D eigenvalue weighted by Crippen LogP contribution is -2.50. The molecule has 0 bridgehead atoms. The highest BCUT2D eigenvalue weighted by Gasteiger charge is 2.40. The lowest BCUT2D eigenvalue weighted by Gasteiger charge is -2.27. The molecule has 3 aromatic rings. The number of amides is 1. The van der Waals surface area contributed by atoms with Gasteiger partial charge in [-0.2, -0.15) is 0 Å². The molecule has 2 N–H and O–H groups in total. The number of carbonyl (C=O) groups is 2. The molecule has 0 spiro atoms. The number of aromatic nitrogens is 3. The van der Waals surface area contributed by atoms with E-state index in [1.165, 1.54) is 6.07 Å². The molecule has 0 saturated heterocycles. The van der Waals surface area contributed by atoms with Crippen LogP contribution in [0.5, 0.6) is 0 Å². The first-order valence-corrected chi connectivity index (χ1v) is 8.36. The molecule has 1 atom stereocenters. The summed E-state index contributed by atoms with van der Waals surface area (Å²) >= 11 is 0. The van der Waals surface area contributed by atoms with Gasteiger partial charge >= 0.3 is 5.97 Å². The van der Waals surface area contributed by atoms with Crippen molar-refractivity contribution >= 4 is 23.0 Å². The molecule has 2 aromatic heterocycles.